The molecule has 2 amide bonds. The topological polar surface area (TPSA) is 67.4 Å². The summed E-state index contributed by atoms with van der Waals surface area (Å²) >= 11 is 0. The molecule has 0 radical (unpaired) electrons. The van der Waals surface area contributed by atoms with E-state index >= 15 is 0 Å². The first-order chi connectivity index (χ1) is 14.5. The van der Waals surface area contributed by atoms with Crippen molar-refractivity contribution in [1.82, 2.24) is 5.32 Å². The van der Waals surface area contributed by atoms with Crippen LogP contribution in [0.5, 0.6) is 5.75 Å². The number of amides is 2. The van der Waals surface area contributed by atoms with Gasteiger partial charge in [-0.3, -0.25) is 4.79 Å². The predicted molar refractivity (Wildman–Crippen MR) is 120 cm³/mol. The number of rotatable bonds is 8. The average molecular weight is 409 g/mol. The average Bonchev–Trinajstić information content (AvgIpc) is 2.75. The van der Waals surface area contributed by atoms with Crippen molar-refractivity contribution in [3.63, 3.8) is 0 Å². The maximum atomic E-state index is 12.2. The lowest BCUT2D eigenvalue weighted by molar-refractivity contribution is 0.0979. The number of hydrogen-bond acceptors (Lipinski definition) is 3. The number of nitrogens with one attached hydrogen (secondary N) is 2. The lowest BCUT2D eigenvalue weighted by atomic mass is 9.93. The highest BCUT2D eigenvalue weighted by Crippen LogP contribution is 2.24. The van der Waals surface area contributed by atoms with Gasteiger partial charge < -0.3 is 15.4 Å². The second-order valence-electron chi connectivity index (χ2n) is 8.11. The fourth-order valence-corrected chi connectivity index (χ4v) is 3.71. The minimum absolute atomic E-state index is 0.143. The van der Waals surface area contributed by atoms with E-state index in [4.69, 9.17) is 4.74 Å². The van der Waals surface area contributed by atoms with Crippen LogP contribution in [0.15, 0.2) is 48.5 Å². The monoisotopic (exact) mass is 408 g/mol. The Kier molecular flexibility index (Phi) is 7.89. The van der Waals surface area contributed by atoms with Gasteiger partial charge in [0.25, 0.3) is 0 Å². The normalized spacial score (nSPS) is 18.5. The predicted octanol–water partition coefficient (Wildman–Crippen LogP) is 5.88. The van der Waals surface area contributed by atoms with Crippen molar-refractivity contribution in [3.8, 4) is 5.75 Å². The fraction of sp³-hybridized carbons (Fsp3) is 0.440. The molecule has 2 aromatic rings. The molecule has 0 aliphatic heterocycles. The molecule has 3 rings (SSSR count). The number of aryl methyl sites for hydroxylation is 1. The number of hydrogen-bond donors (Lipinski definition) is 2. The number of benzene rings is 2. The van der Waals surface area contributed by atoms with E-state index in [2.05, 4.69) is 17.6 Å². The molecule has 1 fully saturated rings. The van der Waals surface area contributed by atoms with Crippen LogP contribution in [0.25, 0.3) is 0 Å². The quantitative estimate of drug-likeness (QED) is 0.536. The van der Waals surface area contributed by atoms with Gasteiger partial charge in [-0.25, -0.2) is 4.79 Å². The molecule has 160 valence electrons. The van der Waals surface area contributed by atoms with Gasteiger partial charge in [0, 0.05) is 23.7 Å². The van der Waals surface area contributed by atoms with E-state index in [-0.39, 0.29) is 24.0 Å². The van der Waals surface area contributed by atoms with Gasteiger partial charge in [-0.15, -0.1) is 0 Å². The van der Waals surface area contributed by atoms with E-state index in [0.717, 1.165) is 61.1 Å². The molecule has 5 heteroatoms. The summed E-state index contributed by atoms with van der Waals surface area (Å²) < 4.78 is 6.09. The van der Waals surface area contributed by atoms with Gasteiger partial charge in [0.2, 0.25) is 0 Å². The Balaban J connectivity index is 1.40. The molecule has 1 aliphatic rings. The smallest absolute Gasteiger partial charge is 0.319 e. The van der Waals surface area contributed by atoms with Crippen LogP contribution < -0.4 is 15.4 Å². The largest absolute Gasteiger partial charge is 0.490 e. The molecule has 0 spiro atoms. The molecular weight excluding hydrogens is 376 g/mol. The number of carbonyl (C=O) groups is 2. The van der Waals surface area contributed by atoms with Gasteiger partial charge in [0.05, 0.1) is 6.10 Å². The van der Waals surface area contributed by atoms with Crippen LogP contribution >= 0.6 is 0 Å². The highest BCUT2D eigenvalue weighted by atomic mass is 16.5. The van der Waals surface area contributed by atoms with E-state index < -0.39 is 0 Å². The first-order valence-electron chi connectivity index (χ1n) is 11.0. The molecule has 1 aliphatic carbocycles. The Morgan fingerprint density at radius 1 is 0.967 bits per heavy atom. The molecule has 0 atom stereocenters. The molecule has 0 unspecified atom stereocenters. The number of anilines is 1. The molecule has 30 heavy (non-hydrogen) atoms. The molecule has 2 N–H and O–H groups in total. The summed E-state index contributed by atoms with van der Waals surface area (Å²) in [6, 6.07) is 15.3. The summed E-state index contributed by atoms with van der Waals surface area (Å²) in [7, 11) is 0. The third-order valence-corrected chi connectivity index (χ3v) is 5.56. The van der Waals surface area contributed by atoms with Gasteiger partial charge >= 0.3 is 6.03 Å². The van der Waals surface area contributed by atoms with Crippen LogP contribution in [0.3, 0.4) is 0 Å². The van der Waals surface area contributed by atoms with E-state index in [1.54, 1.807) is 0 Å². The molecule has 0 aromatic heterocycles. The Morgan fingerprint density at radius 3 is 2.27 bits per heavy atom. The minimum Gasteiger partial charge on any atom is -0.490 e. The zero-order valence-electron chi connectivity index (χ0n) is 17.9. The van der Waals surface area contributed by atoms with Crippen LogP contribution in [0.2, 0.25) is 0 Å². The van der Waals surface area contributed by atoms with E-state index in [1.807, 2.05) is 55.5 Å². The van der Waals surface area contributed by atoms with Crippen molar-refractivity contribution in [2.75, 3.05) is 5.32 Å². The highest BCUT2D eigenvalue weighted by Gasteiger charge is 2.23. The van der Waals surface area contributed by atoms with E-state index in [0.29, 0.717) is 6.42 Å². The summed E-state index contributed by atoms with van der Waals surface area (Å²) in [6.07, 6.45) is 6.27. The number of ketones is 1. The minimum atomic E-state index is -0.161. The van der Waals surface area contributed by atoms with Crippen molar-refractivity contribution in [2.45, 2.75) is 70.9 Å². The van der Waals surface area contributed by atoms with Crippen molar-refractivity contribution < 1.29 is 14.3 Å². The molecule has 0 saturated heterocycles. The van der Waals surface area contributed by atoms with Crippen molar-refractivity contribution >= 4 is 17.5 Å². The Morgan fingerprint density at radius 2 is 1.63 bits per heavy atom. The second-order valence-corrected chi connectivity index (χ2v) is 8.11. The second kappa shape index (κ2) is 10.8. The molecule has 1 saturated carbocycles. The lowest BCUT2D eigenvalue weighted by Gasteiger charge is -2.29. The third-order valence-electron chi connectivity index (χ3n) is 5.56. The SMILES string of the molecule is CCCCC(=O)c1ccc(OC2CCC(NC(=O)Nc3ccc(C)cc3)CC2)cc1. The summed E-state index contributed by atoms with van der Waals surface area (Å²) in [5.41, 5.74) is 2.71. The lowest BCUT2D eigenvalue weighted by Crippen LogP contribution is -2.41. The fourth-order valence-electron chi connectivity index (χ4n) is 3.71. The van der Waals surface area contributed by atoms with E-state index in [1.165, 1.54) is 0 Å². The van der Waals surface area contributed by atoms with Crippen molar-refractivity contribution in [2.24, 2.45) is 0 Å². The molecule has 0 bridgehead atoms. The van der Waals surface area contributed by atoms with Gasteiger partial charge in [-0.1, -0.05) is 31.0 Å². The first kappa shape index (κ1) is 21.9. The zero-order chi connectivity index (χ0) is 21.3. The first-order valence-corrected chi connectivity index (χ1v) is 11.0. The van der Waals surface area contributed by atoms with Crippen LogP contribution in [0.1, 0.15) is 67.8 Å². The maximum absolute atomic E-state index is 12.2. The van der Waals surface area contributed by atoms with Gasteiger partial charge in [-0.2, -0.15) is 0 Å². The number of carbonyl (C=O) groups excluding carboxylic acids is 2. The Hall–Kier alpha value is -2.82. The number of Topliss-reactive ketones (excluding diaryl/α,β-unsaturated/α-hetero) is 1. The van der Waals surface area contributed by atoms with Crippen LogP contribution in [0, 0.1) is 6.92 Å². The van der Waals surface area contributed by atoms with Crippen LogP contribution in [0.4, 0.5) is 10.5 Å². The zero-order valence-corrected chi connectivity index (χ0v) is 17.9. The summed E-state index contributed by atoms with van der Waals surface area (Å²) in [6.45, 7) is 4.11. The third kappa shape index (κ3) is 6.61. The van der Waals surface area contributed by atoms with Crippen LogP contribution in [-0.4, -0.2) is 24.0 Å². The van der Waals surface area contributed by atoms with Gasteiger partial charge in [0.15, 0.2) is 5.78 Å². The number of urea groups is 1. The summed E-state index contributed by atoms with van der Waals surface area (Å²) in [4.78, 5) is 24.3. The highest BCUT2D eigenvalue weighted by molar-refractivity contribution is 5.96. The van der Waals surface area contributed by atoms with Gasteiger partial charge in [0.1, 0.15) is 5.75 Å². The molecule has 0 heterocycles. The summed E-state index contributed by atoms with van der Waals surface area (Å²) in [5, 5.41) is 5.95. The standard InChI is InChI=1S/C25H32N2O3/c1-3-4-5-24(28)19-8-14-22(15-9-19)30-23-16-12-21(13-17-23)27-25(29)26-20-10-6-18(2)7-11-20/h6-11,14-15,21,23H,3-5,12-13,16-17H2,1-2H3,(H2,26,27,29). The van der Waals surface area contributed by atoms with Gasteiger partial charge in [-0.05, 0) is 75.4 Å². The molecular formula is C25H32N2O3. The van der Waals surface area contributed by atoms with Crippen molar-refractivity contribution in [3.05, 3.63) is 59.7 Å². The van der Waals surface area contributed by atoms with E-state index in [9.17, 15) is 9.59 Å². The molecule has 5 nitrogen and oxygen atoms in total. The number of ether oxygens (including phenoxy) is 1. The number of unbranched alkanes of at least 4 members (excludes halogenated alkanes) is 1. The summed E-state index contributed by atoms with van der Waals surface area (Å²) in [5.74, 6) is 0.995. The van der Waals surface area contributed by atoms with Crippen molar-refractivity contribution in [1.29, 1.82) is 0 Å². The van der Waals surface area contributed by atoms with Crippen LogP contribution in [-0.2, 0) is 0 Å². The molecule has 2 aromatic carbocycles. The maximum Gasteiger partial charge on any atom is 0.319 e. The Bertz CT molecular complexity index is 822. The Labute approximate surface area is 179 Å².